The summed E-state index contributed by atoms with van der Waals surface area (Å²) in [6.45, 7) is 3.04. The number of hydrogen-bond donors (Lipinski definition) is 7. The Balaban J connectivity index is 0.000000549. The Hall–Kier alpha value is -8.32. The number of aryl methyl sites for hydroxylation is 2. The molecule has 1 fully saturated rings. The maximum absolute atomic E-state index is 14.1. The lowest BCUT2D eigenvalue weighted by Gasteiger charge is -2.28. The highest BCUT2D eigenvalue weighted by Crippen LogP contribution is 2.33. The van der Waals surface area contributed by atoms with Crippen molar-refractivity contribution in [3.63, 3.8) is 0 Å². The first kappa shape index (κ1) is 46.2. The first-order chi connectivity index (χ1) is 33.1. The van der Waals surface area contributed by atoms with Crippen LogP contribution in [-0.4, -0.2) is 98.7 Å². The van der Waals surface area contributed by atoms with Gasteiger partial charge >= 0.3 is 12.2 Å². The van der Waals surface area contributed by atoms with Crippen LogP contribution >= 0.6 is 0 Å². The molecule has 2 atom stereocenters. The van der Waals surface area contributed by atoms with E-state index in [1.54, 1.807) is 11.1 Å². The predicted octanol–water partition coefficient (Wildman–Crippen LogP) is 7.74. The van der Waals surface area contributed by atoms with Gasteiger partial charge in [0.25, 0.3) is 0 Å². The van der Waals surface area contributed by atoms with Crippen molar-refractivity contribution in [2.75, 3.05) is 33.9 Å². The van der Waals surface area contributed by atoms with Crippen LogP contribution in [0.3, 0.4) is 0 Å². The molecule has 1 aliphatic rings. The van der Waals surface area contributed by atoms with E-state index in [-0.39, 0.29) is 24.4 Å². The minimum atomic E-state index is -0.816. The first-order valence-electron chi connectivity index (χ1n) is 22.6. The summed E-state index contributed by atoms with van der Waals surface area (Å²) in [6.07, 6.45) is 8.60. The molecule has 0 spiro atoms. The van der Waals surface area contributed by atoms with Crippen LogP contribution in [0.15, 0.2) is 110 Å². The van der Waals surface area contributed by atoms with E-state index >= 15 is 0 Å². The van der Waals surface area contributed by atoms with E-state index < -0.39 is 18.2 Å². The minimum Gasteiger partial charge on any atom is -0.453 e. The summed E-state index contributed by atoms with van der Waals surface area (Å²) in [4.78, 5) is 73.8. The number of aromatic nitrogens is 6. The Labute approximate surface area is 393 Å². The number of nitrogens with zero attached hydrogens (tertiary/aromatic N) is 3. The number of carbonyl (C=O) groups is 4. The number of unbranched alkanes of at least 4 members (excludes halogenated alkanes) is 1. The standard InChI is InChI=1S/C43H45N9O6.C9H9N/c1-57-42(55)47-26-39(53)44-20-6-5-11-38-48-33-19-16-28(22-34(33)49-38)13-12-27-14-17-29(18-15-27)36-25-46-40(50-36)37-10-7-21-52(37)41(54)35(51-43(56)58-2)23-30-24-45-32-9-4-3-8-31(30)32;1-7-6-10-9-5-3-2-4-8(7)9/h3-4,8-9,14-19,22,24-25,35,37,45H,5-7,10-11,20-21,23,26H2,1-2H3,(H,44,53)(H,46,50)(H,47,55)(H,48,49)(H,51,56);2-6,10H,1H3. The molecule has 0 radical (unpaired) electrons. The number of aromatic amines is 4. The van der Waals surface area contributed by atoms with Crippen LogP contribution in [0.2, 0.25) is 0 Å². The zero-order valence-electron chi connectivity index (χ0n) is 38.2. The summed E-state index contributed by atoms with van der Waals surface area (Å²) >= 11 is 0. The van der Waals surface area contributed by atoms with Crippen LogP contribution in [0.4, 0.5) is 9.59 Å². The van der Waals surface area contributed by atoms with E-state index in [4.69, 9.17) is 9.72 Å². The quantitative estimate of drug-likeness (QED) is 0.0448. The summed E-state index contributed by atoms with van der Waals surface area (Å²) in [5.41, 5.74) is 9.68. The molecule has 4 aromatic heterocycles. The van der Waals surface area contributed by atoms with Crippen molar-refractivity contribution >= 4 is 56.8 Å². The van der Waals surface area contributed by atoms with Gasteiger partial charge in [-0.25, -0.2) is 19.6 Å². The van der Waals surface area contributed by atoms with Gasteiger partial charge in [0.05, 0.1) is 49.7 Å². The molecule has 0 saturated carbocycles. The van der Waals surface area contributed by atoms with Crippen LogP contribution in [0.1, 0.15) is 65.6 Å². The minimum absolute atomic E-state index is 0.124. The van der Waals surface area contributed by atoms with E-state index in [9.17, 15) is 19.2 Å². The number of alkyl carbamates (subject to hydrolysis) is 2. The lowest BCUT2D eigenvalue weighted by molar-refractivity contribution is -0.134. The van der Waals surface area contributed by atoms with Crippen molar-refractivity contribution < 1.29 is 28.7 Å². The molecule has 68 heavy (non-hydrogen) atoms. The number of hydrogen-bond acceptors (Lipinski definition) is 8. The number of nitrogens with one attached hydrogen (secondary N) is 7. The molecule has 8 aromatic rings. The molecule has 16 nitrogen and oxygen atoms in total. The Morgan fingerprint density at radius 3 is 2.31 bits per heavy atom. The molecule has 4 aromatic carbocycles. The smallest absolute Gasteiger partial charge is 0.407 e. The first-order valence-corrected chi connectivity index (χ1v) is 22.6. The molecule has 0 aliphatic carbocycles. The number of ether oxygens (including phenoxy) is 2. The molecule has 2 unspecified atom stereocenters. The second kappa shape index (κ2) is 21.8. The largest absolute Gasteiger partial charge is 0.453 e. The topological polar surface area (TPSA) is 215 Å². The normalized spacial score (nSPS) is 13.6. The van der Waals surface area contributed by atoms with Crippen molar-refractivity contribution in [2.45, 2.75) is 57.5 Å². The Kier molecular flexibility index (Phi) is 14.8. The highest BCUT2D eigenvalue weighted by atomic mass is 16.5. The average molecular weight is 915 g/mol. The van der Waals surface area contributed by atoms with Crippen LogP contribution < -0.4 is 16.0 Å². The number of para-hydroxylation sites is 2. The molecule has 5 heterocycles. The summed E-state index contributed by atoms with van der Waals surface area (Å²) in [5.74, 6) is 7.61. The number of imidazole rings is 2. The fraction of sp³-hybridized carbons (Fsp3) is 0.269. The van der Waals surface area contributed by atoms with E-state index in [1.807, 2.05) is 85.2 Å². The van der Waals surface area contributed by atoms with Gasteiger partial charge in [0.1, 0.15) is 17.7 Å². The molecule has 1 saturated heterocycles. The molecule has 16 heteroatoms. The molecule has 9 rings (SSSR count). The summed E-state index contributed by atoms with van der Waals surface area (Å²) < 4.78 is 9.34. The number of benzene rings is 4. The van der Waals surface area contributed by atoms with Crippen molar-refractivity contribution in [3.05, 3.63) is 143 Å². The maximum atomic E-state index is 14.1. The van der Waals surface area contributed by atoms with Gasteiger partial charge in [-0.2, -0.15) is 0 Å². The van der Waals surface area contributed by atoms with Gasteiger partial charge in [-0.1, -0.05) is 60.4 Å². The van der Waals surface area contributed by atoms with E-state index in [2.05, 4.69) is 82.6 Å². The number of fused-ring (bicyclic) bond motifs is 3. The predicted molar refractivity (Wildman–Crippen MR) is 261 cm³/mol. The summed E-state index contributed by atoms with van der Waals surface area (Å²) in [5, 5.41) is 10.2. The maximum Gasteiger partial charge on any atom is 0.407 e. The van der Waals surface area contributed by atoms with Crippen LogP contribution in [0.25, 0.3) is 44.1 Å². The fourth-order valence-corrected chi connectivity index (χ4v) is 8.37. The number of methoxy groups -OCH3 is 2. The highest BCUT2D eigenvalue weighted by Gasteiger charge is 2.36. The molecular formula is C52H54N10O6. The van der Waals surface area contributed by atoms with Gasteiger partial charge < -0.3 is 50.3 Å². The van der Waals surface area contributed by atoms with Crippen molar-refractivity contribution in [2.24, 2.45) is 0 Å². The van der Waals surface area contributed by atoms with Crippen molar-refractivity contribution in [3.8, 4) is 23.1 Å². The van der Waals surface area contributed by atoms with Gasteiger partial charge in [0.15, 0.2) is 0 Å². The Bertz CT molecular complexity index is 3100. The van der Waals surface area contributed by atoms with Crippen LogP contribution in [0.5, 0.6) is 0 Å². The third kappa shape index (κ3) is 11.4. The zero-order valence-corrected chi connectivity index (χ0v) is 38.2. The number of rotatable bonds is 13. The summed E-state index contributed by atoms with van der Waals surface area (Å²) in [7, 11) is 2.54. The number of carbonyl (C=O) groups excluding carboxylic acids is 4. The highest BCUT2D eigenvalue weighted by molar-refractivity contribution is 5.89. The van der Waals surface area contributed by atoms with Crippen molar-refractivity contribution in [1.82, 2.24) is 50.8 Å². The molecule has 0 bridgehead atoms. The number of likely N-dealkylation sites (tertiary alicyclic amines) is 1. The van der Waals surface area contributed by atoms with Crippen LogP contribution in [0, 0.1) is 18.8 Å². The van der Waals surface area contributed by atoms with Crippen molar-refractivity contribution in [1.29, 1.82) is 0 Å². The monoisotopic (exact) mass is 914 g/mol. The van der Waals surface area contributed by atoms with E-state index in [0.29, 0.717) is 25.3 Å². The molecule has 7 N–H and O–H groups in total. The second-order valence-electron chi connectivity index (χ2n) is 16.5. The van der Waals surface area contributed by atoms with Gasteiger partial charge in [-0.05, 0) is 91.8 Å². The average Bonchev–Trinajstić information content (AvgIpc) is 4.24. The van der Waals surface area contributed by atoms with Gasteiger partial charge in [0, 0.05) is 71.3 Å². The SMILES string of the molecule is COC(=O)NCC(=O)NCCCCc1nc2ccc(C#Cc3ccc(-c4cnc(C5CCCN5C(=O)C(Cc5c[nH]c6ccccc56)NC(=O)OC)[nH]4)cc3)cc2[nH]1.Cc1c[nH]c2ccccc12. The molecule has 348 valence electrons. The summed E-state index contributed by atoms with van der Waals surface area (Å²) in [6, 6.07) is 28.9. The van der Waals surface area contributed by atoms with E-state index in [1.165, 1.54) is 30.7 Å². The lowest BCUT2D eigenvalue weighted by Crippen LogP contribution is -2.49. The third-order valence-electron chi connectivity index (χ3n) is 11.9. The molecule has 4 amide bonds. The van der Waals surface area contributed by atoms with Gasteiger partial charge in [0.2, 0.25) is 11.8 Å². The Morgan fingerprint density at radius 1 is 0.809 bits per heavy atom. The lowest BCUT2D eigenvalue weighted by atomic mass is 10.0. The number of amides is 4. The van der Waals surface area contributed by atoms with Crippen LogP contribution in [-0.2, 0) is 31.9 Å². The molecule has 1 aliphatic heterocycles. The third-order valence-corrected chi connectivity index (χ3v) is 11.9. The number of H-pyrrole nitrogens is 4. The second-order valence-corrected chi connectivity index (χ2v) is 16.5. The van der Waals surface area contributed by atoms with E-state index in [0.717, 1.165) is 87.8 Å². The van der Waals surface area contributed by atoms with Gasteiger partial charge in [-0.3, -0.25) is 9.59 Å². The van der Waals surface area contributed by atoms with Gasteiger partial charge in [-0.15, -0.1) is 0 Å². The fourth-order valence-electron chi connectivity index (χ4n) is 8.37. The zero-order chi connectivity index (χ0) is 47.4. The molecular weight excluding hydrogens is 861 g/mol. The Morgan fingerprint density at radius 2 is 1.53 bits per heavy atom.